The van der Waals surface area contributed by atoms with Crippen molar-refractivity contribution >= 4 is 28.8 Å². The van der Waals surface area contributed by atoms with Gasteiger partial charge in [0.25, 0.3) is 0 Å². The van der Waals surface area contributed by atoms with E-state index in [0.717, 1.165) is 35.2 Å². The first-order valence-electron chi connectivity index (χ1n) is 14.6. The lowest BCUT2D eigenvalue weighted by Gasteiger charge is -2.41. The number of rotatable bonds is 7. The SMILES string of the molecule is CCCCOc1ccc(-c2ccc(N(C)C)cc2)c2c1C(O)=C1C(=O)C3C(O)=C(C(C)=O)C(=O)CC3CC1C2.CNC.O.[HH].[HH]. The molecule has 9 nitrogen and oxygen atoms in total. The van der Waals surface area contributed by atoms with Gasteiger partial charge in [0.2, 0.25) is 0 Å². The van der Waals surface area contributed by atoms with E-state index in [1.807, 2.05) is 69.5 Å². The maximum absolute atomic E-state index is 13.8. The van der Waals surface area contributed by atoms with Gasteiger partial charge in [-0.15, -0.1) is 0 Å². The summed E-state index contributed by atoms with van der Waals surface area (Å²) in [6, 6.07) is 12.0. The average Bonchev–Trinajstić information content (AvgIpc) is 2.93. The van der Waals surface area contributed by atoms with Crippen LogP contribution in [-0.4, -0.2) is 67.8 Å². The Morgan fingerprint density at radius 1 is 1.07 bits per heavy atom. The molecule has 1 fully saturated rings. The van der Waals surface area contributed by atoms with Gasteiger partial charge in [0.15, 0.2) is 17.3 Å². The van der Waals surface area contributed by atoms with Crippen LogP contribution in [0.5, 0.6) is 5.75 Å². The second-order valence-corrected chi connectivity index (χ2v) is 11.6. The average molecular weight is 597 g/mol. The summed E-state index contributed by atoms with van der Waals surface area (Å²) in [7, 11) is 7.72. The molecular weight excluding hydrogens is 548 g/mol. The number of hydrogen-bond acceptors (Lipinski definition) is 8. The molecule has 0 radical (unpaired) electrons. The molecule has 0 amide bonds. The molecule has 43 heavy (non-hydrogen) atoms. The van der Waals surface area contributed by atoms with Gasteiger partial charge in [0, 0.05) is 34.6 Å². The van der Waals surface area contributed by atoms with E-state index in [-0.39, 0.29) is 37.6 Å². The largest absolute Gasteiger partial charge is 0.511 e. The quantitative estimate of drug-likeness (QED) is 0.295. The second-order valence-electron chi connectivity index (χ2n) is 11.6. The summed E-state index contributed by atoms with van der Waals surface area (Å²) in [6.07, 6.45) is 2.79. The highest BCUT2D eigenvalue weighted by Crippen LogP contribution is 2.51. The molecular formula is C34H48N2O7. The Hall–Kier alpha value is -3.95. The smallest absolute Gasteiger partial charge is 0.173 e. The van der Waals surface area contributed by atoms with Crippen molar-refractivity contribution in [1.29, 1.82) is 0 Å². The number of Topliss-reactive ketones (excluding diaryl/α,β-unsaturated/α-hetero) is 3. The Morgan fingerprint density at radius 3 is 2.30 bits per heavy atom. The number of carbonyl (C=O) groups excluding carboxylic acids is 3. The minimum atomic E-state index is -0.997. The van der Waals surface area contributed by atoms with Crippen molar-refractivity contribution in [1.82, 2.24) is 5.32 Å². The van der Waals surface area contributed by atoms with E-state index in [1.165, 1.54) is 6.92 Å². The summed E-state index contributed by atoms with van der Waals surface area (Å²) in [5.74, 6) is -3.16. The van der Waals surface area contributed by atoms with E-state index in [2.05, 4.69) is 12.2 Å². The lowest BCUT2D eigenvalue weighted by molar-refractivity contribution is -0.127. The Kier molecular flexibility index (Phi) is 10.9. The number of unbranched alkanes of at least 4 members (excludes halogenated alkanes) is 1. The number of nitrogens with zero attached hydrogens (tertiary/aromatic N) is 1. The van der Waals surface area contributed by atoms with Crippen LogP contribution in [-0.2, 0) is 20.8 Å². The number of fused-ring (bicyclic) bond motifs is 3. The van der Waals surface area contributed by atoms with E-state index >= 15 is 0 Å². The molecule has 5 N–H and O–H groups in total. The minimum absolute atomic E-state index is 0. The number of aliphatic hydroxyl groups excluding tert-OH is 2. The number of carbonyl (C=O) groups is 3. The molecule has 3 aliphatic carbocycles. The minimum Gasteiger partial charge on any atom is -0.511 e. The summed E-state index contributed by atoms with van der Waals surface area (Å²) in [4.78, 5) is 40.6. The zero-order chi connectivity index (χ0) is 30.7. The number of ether oxygens (including phenoxy) is 1. The molecule has 2 aromatic carbocycles. The number of allylic oxidation sites excluding steroid dienone is 3. The zero-order valence-electron chi connectivity index (χ0n) is 25.9. The first kappa shape index (κ1) is 33.6. The predicted octanol–water partition coefficient (Wildman–Crippen LogP) is 5.12. The molecule has 9 heteroatoms. The Labute approximate surface area is 256 Å². The zero-order valence-corrected chi connectivity index (χ0v) is 25.9. The van der Waals surface area contributed by atoms with Crippen LogP contribution in [0.1, 0.15) is 53.5 Å². The van der Waals surface area contributed by atoms with E-state index in [0.29, 0.717) is 30.8 Å². The molecule has 0 aromatic heterocycles. The first-order chi connectivity index (χ1) is 20.0. The highest BCUT2D eigenvalue weighted by atomic mass is 16.5. The molecule has 0 bridgehead atoms. The maximum atomic E-state index is 13.8. The maximum Gasteiger partial charge on any atom is 0.173 e. The van der Waals surface area contributed by atoms with Crippen LogP contribution in [0.25, 0.3) is 16.9 Å². The first-order valence-corrected chi connectivity index (χ1v) is 14.6. The van der Waals surface area contributed by atoms with E-state index in [1.54, 1.807) is 0 Å². The highest BCUT2D eigenvalue weighted by molar-refractivity contribution is 6.22. The van der Waals surface area contributed by atoms with Crippen LogP contribution >= 0.6 is 0 Å². The molecule has 0 spiro atoms. The standard InChI is InChI=1S/C32H35NO6.C2H7N.H2O.2H2/c1-5-6-13-39-25-12-11-22(18-7-9-21(10-8-18)33(3)4)23-15-19-14-20-16-24(35)26(17(2)34)30(36)28(20)31(37)27(19)32(38)29(23)25;1-3-2;;;/h7-12,19-20,28,36,38H,5-6,13-16H2,1-4H3;3H,1-2H3;1H2;2*1H. The third kappa shape index (κ3) is 6.38. The molecule has 1 saturated carbocycles. The molecule has 3 unspecified atom stereocenters. The summed E-state index contributed by atoms with van der Waals surface area (Å²) in [5.41, 5.74) is 4.42. The third-order valence-corrected chi connectivity index (χ3v) is 8.31. The fourth-order valence-electron chi connectivity index (χ4n) is 6.40. The van der Waals surface area contributed by atoms with Crippen LogP contribution in [0, 0.1) is 17.8 Å². The van der Waals surface area contributed by atoms with Gasteiger partial charge < -0.3 is 30.6 Å². The molecule has 3 atom stereocenters. The molecule has 2 aromatic rings. The summed E-state index contributed by atoms with van der Waals surface area (Å²) < 4.78 is 6.10. The second kappa shape index (κ2) is 14.0. The van der Waals surface area contributed by atoms with Crippen molar-refractivity contribution in [2.75, 3.05) is 39.7 Å². The monoisotopic (exact) mass is 596 g/mol. The van der Waals surface area contributed by atoms with Crippen LogP contribution in [0.4, 0.5) is 5.69 Å². The van der Waals surface area contributed by atoms with Gasteiger partial charge in [-0.25, -0.2) is 0 Å². The van der Waals surface area contributed by atoms with Crippen molar-refractivity contribution < 1.29 is 37.7 Å². The number of benzene rings is 2. The summed E-state index contributed by atoms with van der Waals surface area (Å²) in [6.45, 7) is 3.78. The van der Waals surface area contributed by atoms with Crippen molar-refractivity contribution in [3.63, 3.8) is 0 Å². The topological polar surface area (TPSA) is 148 Å². The van der Waals surface area contributed by atoms with Crippen LogP contribution in [0.3, 0.4) is 0 Å². The molecule has 0 aliphatic heterocycles. The van der Waals surface area contributed by atoms with Crippen molar-refractivity contribution in [3.05, 3.63) is 64.4 Å². The van der Waals surface area contributed by atoms with Crippen molar-refractivity contribution in [3.8, 4) is 16.9 Å². The lowest BCUT2D eigenvalue weighted by Crippen LogP contribution is -2.43. The van der Waals surface area contributed by atoms with Gasteiger partial charge in [-0.2, -0.15) is 0 Å². The van der Waals surface area contributed by atoms with Crippen molar-refractivity contribution in [2.24, 2.45) is 17.8 Å². The number of hydrogen-bond donors (Lipinski definition) is 3. The molecule has 3 aliphatic rings. The molecule has 0 heterocycles. The van der Waals surface area contributed by atoms with Crippen molar-refractivity contribution in [2.45, 2.75) is 46.0 Å². The Bertz CT molecular complexity index is 1450. The van der Waals surface area contributed by atoms with E-state index in [4.69, 9.17) is 4.74 Å². The fourth-order valence-corrected chi connectivity index (χ4v) is 6.40. The molecule has 236 valence electrons. The van der Waals surface area contributed by atoms with Gasteiger partial charge in [-0.1, -0.05) is 31.5 Å². The Balaban J connectivity index is 0.00000162. The van der Waals surface area contributed by atoms with E-state index in [9.17, 15) is 24.6 Å². The number of nitrogens with one attached hydrogen (secondary N) is 1. The van der Waals surface area contributed by atoms with Gasteiger partial charge in [-0.05, 0) is 87.0 Å². The Morgan fingerprint density at radius 2 is 1.72 bits per heavy atom. The lowest BCUT2D eigenvalue weighted by atomic mass is 9.61. The van der Waals surface area contributed by atoms with Gasteiger partial charge in [0.1, 0.15) is 17.3 Å². The van der Waals surface area contributed by atoms with Crippen LogP contribution < -0.4 is 15.0 Å². The summed E-state index contributed by atoms with van der Waals surface area (Å²) in [5, 5.41) is 25.3. The summed E-state index contributed by atoms with van der Waals surface area (Å²) >= 11 is 0. The fraction of sp³-hybridized carbons (Fsp3) is 0.441. The van der Waals surface area contributed by atoms with Crippen LogP contribution in [0.15, 0.2) is 53.3 Å². The molecule has 0 saturated heterocycles. The normalized spacial score (nSPS) is 20.7. The van der Waals surface area contributed by atoms with Gasteiger partial charge in [-0.3, -0.25) is 14.4 Å². The van der Waals surface area contributed by atoms with Gasteiger partial charge >= 0.3 is 0 Å². The van der Waals surface area contributed by atoms with E-state index < -0.39 is 34.9 Å². The number of aliphatic hydroxyl groups is 2. The highest BCUT2D eigenvalue weighted by Gasteiger charge is 2.50. The number of anilines is 1. The predicted molar refractivity (Wildman–Crippen MR) is 173 cm³/mol. The third-order valence-electron chi connectivity index (χ3n) is 8.31. The number of ketones is 3. The van der Waals surface area contributed by atoms with Gasteiger partial charge in [0.05, 0.1) is 23.7 Å². The molecule has 5 rings (SSSR count). The van der Waals surface area contributed by atoms with Crippen LogP contribution in [0.2, 0.25) is 0 Å².